The Labute approximate surface area is 194 Å². The lowest BCUT2D eigenvalue weighted by atomic mass is 9.95. The predicted octanol–water partition coefficient (Wildman–Crippen LogP) is 3.89. The maximum Gasteiger partial charge on any atom is 0.268 e. The van der Waals surface area contributed by atoms with Crippen molar-refractivity contribution in [2.24, 2.45) is 0 Å². The van der Waals surface area contributed by atoms with E-state index in [1.165, 1.54) is 6.42 Å². The highest BCUT2D eigenvalue weighted by Gasteiger charge is 2.35. The van der Waals surface area contributed by atoms with E-state index in [0.29, 0.717) is 23.5 Å². The van der Waals surface area contributed by atoms with Gasteiger partial charge in [-0.05, 0) is 50.5 Å². The molecular weight excluding hydrogens is 418 g/mol. The molecule has 2 aromatic carbocycles. The maximum absolute atomic E-state index is 13.5. The standard InChI is InChI=1S/C26H31N3O4/c1-26(2)25(32)28-21-15-19(13-14-22(21)33-26)24(31)29(16-18-9-5-3-6-10-18)17-23(30)27-20-11-7-4-8-12-20/h3,5-6,9-10,13-15,20H,4,7-8,11-12,16-17H2,1-2H3,(H,27,30)(H,28,32). The van der Waals surface area contributed by atoms with E-state index < -0.39 is 5.60 Å². The van der Waals surface area contributed by atoms with Gasteiger partial charge in [-0.3, -0.25) is 14.4 Å². The van der Waals surface area contributed by atoms with Crippen molar-refractivity contribution in [3.8, 4) is 5.75 Å². The van der Waals surface area contributed by atoms with Crippen molar-refractivity contribution < 1.29 is 19.1 Å². The van der Waals surface area contributed by atoms with Gasteiger partial charge < -0.3 is 20.3 Å². The zero-order valence-corrected chi connectivity index (χ0v) is 19.2. The summed E-state index contributed by atoms with van der Waals surface area (Å²) in [6.45, 7) is 3.66. The molecule has 0 spiro atoms. The number of nitrogens with one attached hydrogen (secondary N) is 2. The van der Waals surface area contributed by atoms with E-state index in [1.54, 1.807) is 36.9 Å². The lowest BCUT2D eigenvalue weighted by Crippen LogP contribution is -2.46. The van der Waals surface area contributed by atoms with Crippen molar-refractivity contribution in [2.75, 3.05) is 11.9 Å². The van der Waals surface area contributed by atoms with Gasteiger partial charge >= 0.3 is 0 Å². The number of benzene rings is 2. The minimum atomic E-state index is -0.977. The van der Waals surface area contributed by atoms with Gasteiger partial charge in [0.15, 0.2) is 5.60 Å². The predicted molar refractivity (Wildman–Crippen MR) is 126 cm³/mol. The molecule has 2 aromatic rings. The Morgan fingerprint density at radius 1 is 1.09 bits per heavy atom. The summed E-state index contributed by atoms with van der Waals surface area (Å²) in [7, 11) is 0. The molecular formula is C26H31N3O4. The Hall–Kier alpha value is -3.35. The van der Waals surface area contributed by atoms with E-state index in [2.05, 4.69) is 10.6 Å². The van der Waals surface area contributed by atoms with Gasteiger partial charge in [-0.2, -0.15) is 0 Å². The Morgan fingerprint density at radius 3 is 2.55 bits per heavy atom. The normalized spacial score (nSPS) is 17.3. The van der Waals surface area contributed by atoms with Crippen LogP contribution in [0.1, 0.15) is 61.9 Å². The second-order valence-corrected chi connectivity index (χ2v) is 9.33. The van der Waals surface area contributed by atoms with Crippen LogP contribution in [0.4, 0.5) is 5.69 Å². The van der Waals surface area contributed by atoms with Crippen LogP contribution in [0.3, 0.4) is 0 Å². The first-order valence-electron chi connectivity index (χ1n) is 11.6. The first-order chi connectivity index (χ1) is 15.8. The largest absolute Gasteiger partial charge is 0.476 e. The Balaban J connectivity index is 1.53. The quantitative estimate of drug-likeness (QED) is 0.701. The summed E-state index contributed by atoms with van der Waals surface area (Å²) in [5, 5.41) is 5.91. The van der Waals surface area contributed by atoms with Gasteiger partial charge in [0.2, 0.25) is 5.91 Å². The summed E-state index contributed by atoms with van der Waals surface area (Å²) in [6.07, 6.45) is 5.42. The summed E-state index contributed by atoms with van der Waals surface area (Å²) < 4.78 is 5.77. The van der Waals surface area contributed by atoms with Crippen LogP contribution in [0, 0.1) is 0 Å². The first kappa shape index (κ1) is 22.8. The summed E-state index contributed by atoms with van der Waals surface area (Å²) in [4.78, 5) is 40.1. The summed E-state index contributed by atoms with van der Waals surface area (Å²) >= 11 is 0. The molecule has 2 aliphatic rings. The minimum absolute atomic E-state index is 0.0306. The fourth-order valence-corrected chi connectivity index (χ4v) is 4.32. The number of amides is 3. The third kappa shape index (κ3) is 5.53. The molecule has 0 radical (unpaired) electrons. The Morgan fingerprint density at radius 2 is 1.82 bits per heavy atom. The number of carbonyl (C=O) groups is 3. The van der Waals surface area contributed by atoms with E-state index in [0.717, 1.165) is 31.2 Å². The number of ether oxygens (including phenoxy) is 1. The number of nitrogens with zero attached hydrogens (tertiary/aromatic N) is 1. The molecule has 2 N–H and O–H groups in total. The highest BCUT2D eigenvalue weighted by molar-refractivity contribution is 6.03. The highest BCUT2D eigenvalue weighted by atomic mass is 16.5. The van der Waals surface area contributed by atoms with Gasteiger partial charge in [0.1, 0.15) is 12.3 Å². The highest BCUT2D eigenvalue weighted by Crippen LogP contribution is 2.34. The van der Waals surface area contributed by atoms with Gasteiger partial charge in [0.05, 0.1) is 5.69 Å². The number of fused-ring (bicyclic) bond motifs is 1. The minimum Gasteiger partial charge on any atom is -0.476 e. The van der Waals surface area contributed by atoms with Crippen molar-refractivity contribution in [3.05, 3.63) is 59.7 Å². The smallest absolute Gasteiger partial charge is 0.268 e. The zero-order valence-electron chi connectivity index (χ0n) is 19.2. The van der Waals surface area contributed by atoms with Crippen LogP contribution in [-0.2, 0) is 16.1 Å². The second kappa shape index (κ2) is 9.65. The molecule has 3 amide bonds. The summed E-state index contributed by atoms with van der Waals surface area (Å²) in [5.74, 6) is -0.185. The SMILES string of the molecule is CC1(C)Oc2ccc(C(=O)N(CC(=O)NC3CCCCC3)Cc3ccccc3)cc2NC1=O. The fraction of sp³-hybridized carbons (Fsp3) is 0.423. The van der Waals surface area contributed by atoms with Crippen molar-refractivity contribution in [3.63, 3.8) is 0 Å². The third-order valence-corrected chi connectivity index (χ3v) is 6.19. The van der Waals surface area contributed by atoms with E-state index in [9.17, 15) is 14.4 Å². The average molecular weight is 450 g/mol. The van der Waals surface area contributed by atoms with E-state index in [1.807, 2.05) is 30.3 Å². The van der Waals surface area contributed by atoms with Crippen molar-refractivity contribution in [2.45, 2.75) is 64.1 Å². The van der Waals surface area contributed by atoms with Gasteiger partial charge in [0, 0.05) is 18.2 Å². The van der Waals surface area contributed by atoms with Gasteiger partial charge in [-0.1, -0.05) is 49.6 Å². The van der Waals surface area contributed by atoms with Crippen molar-refractivity contribution >= 4 is 23.4 Å². The maximum atomic E-state index is 13.5. The molecule has 33 heavy (non-hydrogen) atoms. The topological polar surface area (TPSA) is 87.7 Å². The molecule has 7 nitrogen and oxygen atoms in total. The number of carbonyl (C=O) groups excluding carboxylic acids is 3. The third-order valence-electron chi connectivity index (χ3n) is 6.19. The molecule has 1 saturated carbocycles. The number of hydrogen-bond donors (Lipinski definition) is 2. The summed E-state index contributed by atoms with van der Waals surface area (Å²) in [6, 6.07) is 14.8. The lowest BCUT2D eigenvalue weighted by Gasteiger charge is -2.32. The molecule has 1 heterocycles. The van der Waals surface area contributed by atoms with Crippen LogP contribution in [-0.4, -0.2) is 40.8 Å². The second-order valence-electron chi connectivity index (χ2n) is 9.33. The van der Waals surface area contributed by atoms with E-state index >= 15 is 0 Å². The molecule has 4 rings (SSSR count). The van der Waals surface area contributed by atoms with Gasteiger partial charge in [-0.15, -0.1) is 0 Å². The number of rotatable bonds is 6. The zero-order chi connectivity index (χ0) is 23.4. The van der Waals surface area contributed by atoms with Gasteiger partial charge in [0.25, 0.3) is 11.8 Å². The molecule has 0 bridgehead atoms. The lowest BCUT2D eigenvalue weighted by molar-refractivity contribution is -0.129. The fourth-order valence-electron chi connectivity index (χ4n) is 4.32. The van der Waals surface area contributed by atoms with E-state index in [4.69, 9.17) is 4.74 Å². The molecule has 174 valence electrons. The number of hydrogen-bond acceptors (Lipinski definition) is 4. The van der Waals surface area contributed by atoms with Crippen molar-refractivity contribution in [1.82, 2.24) is 10.2 Å². The van der Waals surface area contributed by atoms with Crippen LogP contribution < -0.4 is 15.4 Å². The molecule has 1 aliphatic heterocycles. The molecule has 7 heteroatoms. The molecule has 1 fully saturated rings. The van der Waals surface area contributed by atoms with Gasteiger partial charge in [-0.25, -0.2) is 0 Å². The van der Waals surface area contributed by atoms with Crippen LogP contribution in [0.25, 0.3) is 0 Å². The summed E-state index contributed by atoms with van der Waals surface area (Å²) in [5.41, 5.74) is 0.803. The molecule has 1 aliphatic carbocycles. The van der Waals surface area contributed by atoms with Crippen molar-refractivity contribution in [1.29, 1.82) is 0 Å². The molecule has 0 saturated heterocycles. The molecule has 0 atom stereocenters. The average Bonchev–Trinajstić information content (AvgIpc) is 2.80. The Bertz CT molecular complexity index is 1030. The van der Waals surface area contributed by atoms with Crippen LogP contribution in [0.2, 0.25) is 0 Å². The first-order valence-corrected chi connectivity index (χ1v) is 11.6. The van der Waals surface area contributed by atoms with Crippen LogP contribution in [0.5, 0.6) is 5.75 Å². The van der Waals surface area contributed by atoms with Crippen LogP contribution in [0.15, 0.2) is 48.5 Å². The van der Waals surface area contributed by atoms with E-state index in [-0.39, 0.29) is 30.3 Å². The van der Waals surface area contributed by atoms with Crippen LogP contribution >= 0.6 is 0 Å². The number of anilines is 1. The molecule has 0 unspecified atom stereocenters. The Kier molecular flexibility index (Phi) is 6.67. The molecule has 0 aromatic heterocycles. The monoisotopic (exact) mass is 449 g/mol.